The minimum atomic E-state index is -0.498. The van der Waals surface area contributed by atoms with Crippen LogP contribution in [0.15, 0.2) is 18.2 Å². The lowest BCUT2D eigenvalue weighted by molar-refractivity contribution is -0.384. The van der Waals surface area contributed by atoms with Gasteiger partial charge in [0, 0.05) is 17.7 Å². The third kappa shape index (κ3) is 2.92. The number of nitro groups is 1. The monoisotopic (exact) mass is 263 g/mol. The Morgan fingerprint density at radius 2 is 2.11 bits per heavy atom. The molecule has 2 rings (SSSR count). The van der Waals surface area contributed by atoms with Crippen LogP contribution in [0.25, 0.3) is 0 Å². The van der Waals surface area contributed by atoms with Gasteiger partial charge in [-0.15, -0.1) is 0 Å². The summed E-state index contributed by atoms with van der Waals surface area (Å²) in [6, 6.07) is 4.38. The molecule has 1 aliphatic heterocycles. The normalized spacial score (nSPS) is 17.1. The molecule has 1 unspecified atom stereocenters. The van der Waals surface area contributed by atoms with Crippen LogP contribution >= 0.6 is 0 Å². The molecule has 1 aromatic carbocycles. The summed E-state index contributed by atoms with van der Waals surface area (Å²) < 4.78 is 5.29. The standard InChI is InChI=1S/C14H17NO4/c1-2-3-4-5-6-13-11-8-7-10(15(17)18)9-12(11)14(16)19-13/h7-9,13H,2-6H2,1H3. The predicted molar refractivity (Wildman–Crippen MR) is 70.0 cm³/mol. The number of carbonyl (C=O) groups is 1. The van der Waals surface area contributed by atoms with Gasteiger partial charge in [-0.1, -0.05) is 26.2 Å². The zero-order chi connectivity index (χ0) is 13.8. The summed E-state index contributed by atoms with van der Waals surface area (Å²) in [6.45, 7) is 2.14. The van der Waals surface area contributed by atoms with Crippen molar-refractivity contribution in [3.8, 4) is 0 Å². The molecule has 0 bridgehead atoms. The fourth-order valence-corrected chi connectivity index (χ4v) is 2.34. The van der Waals surface area contributed by atoms with Crippen LogP contribution in [-0.4, -0.2) is 10.9 Å². The van der Waals surface area contributed by atoms with E-state index in [0.29, 0.717) is 5.56 Å². The Bertz CT molecular complexity index is 498. The van der Waals surface area contributed by atoms with E-state index in [1.54, 1.807) is 6.07 Å². The van der Waals surface area contributed by atoms with E-state index in [-0.39, 0.29) is 11.8 Å². The van der Waals surface area contributed by atoms with Gasteiger partial charge in [-0.25, -0.2) is 4.79 Å². The summed E-state index contributed by atoms with van der Waals surface area (Å²) in [7, 11) is 0. The molecule has 0 saturated carbocycles. The minimum absolute atomic E-state index is 0.0673. The molecule has 0 radical (unpaired) electrons. The molecule has 1 aromatic rings. The van der Waals surface area contributed by atoms with E-state index in [2.05, 4.69) is 6.92 Å². The molecular formula is C14H17NO4. The molecule has 102 valence electrons. The van der Waals surface area contributed by atoms with Crippen molar-refractivity contribution < 1.29 is 14.5 Å². The number of hydrogen-bond donors (Lipinski definition) is 0. The first-order valence-electron chi connectivity index (χ1n) is 6.62. The van der Waals surface area contributed by atoms with Gasteiger partial charge in [0.15, 0.2) is 0 Å². The summed E-state index contributed by atoms with van der Waals surface area (Å²) in [5.74, 6) is -0.445. The van der Waals surface area contributed by atoms with Crippen molar-refractivity contribution in [3.63, 3.8) is 0 Å². The number of benzene rings is 1. The SMILES string of the molecule is CCCCCCC1OC(=O)c2cc([N+](=O)[O-])ccc21. The number of hydrogen-bond acceptors (Lipinski definition) is 4. The second-order valence-electron chi connectivity index (χ2n) is 4.77. The van der Waals surface area contributed by atoms with Crippen LogP contribution in [0.5, 0.6) is 0 Å². The third-order valence-electron chi connectivity index (χ3n) is 3.38. The molecule has 0 amide bonds. The van der Waals surface area contributed by atoms with Gasteiger partial charge in [-0.05, 0) is 18.9 Å². The molecule has 1 aliphatic rings. The van der Waals surface area contributed by atoms with Crippen LogP contribution in [0.3, 0.4) is 0 Å². The van der Waals surface area contributed by atoms with Gasteiger partial charge in [-0.2, -0.15) is 0 Å². The molecular weight excluding hydrogens is 246 g/mol. The lowest BCUT2D eigenvalue weighted by atomic mass is 10.00. The van der Waals surface area contributed by atoms with Gasteiger partial charge in [-0.3, -0.25) is 10.1 Å². The highest BCUT2D eigenvalue weighted by atomic mass is 16.6. The van der Waals surface area contributed by atoms with Crippen molar-refractivity contribution in [2.45, 2.75) is 45.1 Å². The van der Waals surface area contributed by atoms with Crippen LogP contribution in [0.1, 0.15) is 61.1 Å². The molecule has 1 atom stereocenters. The van der Waals surface area contributed by atoms with Crippen LogP contribution < -0.4 is 0 Å². The van der Waals surface area contributed by atoms with E-state index >= 15 is 0 Å². The van der Waals surface area contributed by atoms with E-state index in [1.165, 1.54) is 18.6 Å². The highest BCUT2D eigenvalue weighted by Gasteiger charge is 2.32. The van der Waals surface area contributed by atoms with E-state index in [0.717, 1.165) is 31.2 Å². The van der Waals surface area contributed by atoms with Gasteiger partial charge in [0.1, 0.15) is 6.10 Å². The number of esters is 1. The average molecular weight is 263 g/mol. The molecule has 0 saturated heterocycles. The number of carbonyl (C=O) groups excluding carboxylic acids is 1. The number of nitro benzene ring substituents is 1. The lowest BCUT2D eigenvalue weighted by Crippen LogP contribution is -1.98. The molecule has 0 aliphatic carbocycles. The maximum Gasteiger partial charge on any atom is 0.339 e. The zero-order valence-electron chi connectivity index (χ0n) is 10.9. The van der Waals surface area contributed by atoms with Crippen LogP contribution in [0.2, 0.25) is 0 Å². The second kappa shape index (κ2) is 5.82. The number of nitrogens with zero attached hydrogens (tertiary/aromatic N) is 1. The van der Waals surface area contributed by atoms with Crippen molar-refractivity contribution in [3.05, 3.63) is 39.4 Å². The summed E-state index contributed by atoms with van der Waals surface area (Å²) in [4.78, 5) is 21.9. The topological polar surface area (TPSA) is 69.4 Å². The zero-order valence-corrected chi connectivity index (χ0v) is 10.9. The molecule has 0 spiro atoms. The van der Waals surface area contributed by atoms with Gasteiger partial charge in [0.2, 0.25) is 0 Å². The first-order chi connectivity index (χ1) is 9.13. The number of cyclic esters (lactones) is 1. The first kappa shape index (κ1) is 13.5. The molecule has 5 nitrogen and oxygen atoms in total. The third-order valence-corrected chi connectivity index (χ3v) is 3.38. The predicted octanol–water partition coefficient (Wildman–Crippen LogP) is 3.78. The van der Waals surface area contributed by atoms with E-state index in [4.69, 9.17) is 4.74 Å². The van der Waals surface area contributed by atoms with Gasteiger partial charge in [0.25, 0.3) is 5.69 Å². The molecule has 1 heterocycles. The fourth-order valence-electron chi connectivity index (χ4n) is 2.34. The highest BCUT2D eigenvalue weighted by molar-refractivity contribution is 5.94. The molecule has 0 N–H and O–H groups in total. The van der Waals surface area contributed by atoms with Gasteiger partial charge in [0.05, 0.1) is 10.5 Å². The van der Waals surface area contributed by atoms with Gasteiger partial charge < -0.3 is 4.74 Å². The Balaban J connectivity index is 2.09. The number of ether oxygens (including phenoxy) is 1. The quantitative estimate of drug-likeness (QED) is 0.339. The number of fused-ring (bicyclic) bond motifs is 1. The smallest absolute Gasteiger partial charge is 0.339 e. The average Bonchev–Trinajstić information content (AvgIpc) is 2.71. The summed E-state index contributed by atoms with van der Waals surface area (Å²) in [5.41, 5.74) is 1.06. The minimum Gasteiger partial charge on any atom is -0.454 e. The fraction of sp³-hybridized carbons (Fsp3) is 0.500. The molecule has 19 heavy (non-hydrogen) atoms. The number of unbranched alkanes of at least 4 members (excludes halogenated alkanes) is 3. The summed E-state index contributed by atoms with van der Waals surface area (Å²) in [6.07, 6.45) is 5.01. The van der Waals surface area contributed by atoms with E-state index < -0.39 is 10.9 Å². The summed E-state index contributed by atoms with van der Waals surface area (Å²) >= 11 is 0. The Hall–Kier alpha value is -1.91. The number of rotatable bonds is 6. The molecule has 0 aromatic heterocycles. The van der Waals surface area contributed by atoms with E-state index in [9.17, 15) is 14.9 Å². The maximum atomic E-state index is 11.7. The highest BCUT2D eigenvalue weighted by Crippen LogP contribution is 2.36. The van der Waals surface area contributed by atoms with Crippen molar-refractivity contribution >= 4 is 11.7 Å². The lowest BCUT2D eigenvalue weighted by Gasteiger charge is -2.09. The number of non-ortho nitro benzene ring substituents is 1. The molecule has 5 heteroatoms. The van der Waals surface area contributed by atoms with Crippen LogP contribution in [-0.2, 0) is 4.74 Å². The molecule has 0 fully saturated rings. The Morgan fingerprint density at radius 1 is 1.32 bits per heavy atom. The van der Waals surface area contributed by atoms with Crippen molar-refractivity contribution in [2.24, 2.45) is 0 Å². The Morgan fingerprint density at radius 3 is 2.79 bits per heavy atom. The first-order valence-corrected chi connectivity index (χ1v) is 6.62. The Labute approximate surface area is 111 Å². The van der Waals surface area contributed by atoms with E-state index in [1.807, 2.05) is 0 Å². The van der Waals surface area contributed by atoms with Crippen molar-refractivity contribution in [2.75, 3.05) is 0 Å². The van der Waals surface area contributed by atoms with Crippen molar-refractivity contribution in [1.29, 1.82) is 0 Å². The second-order valence-corrected chi connectivity index (χ2v) is 4.77. The van der Waals surface area contributed by atoms with Crippen molar-refractivity contribution in [1.82, 2.24) is 0 Å². The van der Waals surface area contributed by atoms with Crippen LogP contribution in [0, 0.1) is 10.1 Å². The summed E-state index contributed by atoms with van der Waals surface area (Å²) in [5, 5.41) is 10.7. The van der Waals surface area contributed by atoms with Gasteiger partial charge >= 0.3 is 5.97 Å². The maximum absolute atomic E-state index is 11.7. The van der Waals surface area contributed by atoms with Crippen LogP contribution in [0.4, 0.5) is 5.69 Å². The largest absolute Gasteiger partial charge is 0.454 e. The Kier molecular flexibility index (Phi) is 4.14.